The number of carbonyl (C=O) groups is 1. The van der Waals surface area contributed by atoms with Gasteiger partial charge >= 0.3 is 6.18 Å². The Kier molecular flexibility index (Phi) is 5.53. The van der Waals surface area contributed by atoms with Gasteiger partial charge in [-0.3, -0.25) is 14.9 Å². The number of carbonyl (C=O) groups excluding carboxylic acids is 1. The third kappa shape index (κ3) is 4.41. The molecule has 0 saturated carbocycles. The normalized spacial score (nSPS) is 15.3. The second-order valence-corrected chi connectivity index (χ2v) is 6.57. The van der Waals surface area contributed by atoms with E-state index in [-0.39, 0.29) is 17.5 Å². The van der Waals surface area contributed by atoms with Crippen molar-refractivity contribution in [2.45, 2.75) is 19.0 Å². The van der Waals surface area contributed by atoms with Crippen molar-refractivity contribution in [1.29, 1.82) is 0 Å². The third-order valence-corrected chi connectivity index (χ3v) is 4.76. The predicted octanol–water partition coefficient (Wildman–Crippen LogP) is 4.47. The number of para-hydroxylation sites is 2. The molecule has 2 aromatic rings. The van der Waals surface area contributed by atoms with Crippen molar-refractivity contribution in [2.75, 3.05) is 23.3 Å². The van der Waals surface area contributed by atoms with E-state index in [1.165, 1.54) is 18.2 Å². The molecular formula is C19H18F3N3O3. The minimum Gasteiger partial charge on any atom is -0.366 e. The van der Waals surface area contributed by atoms with Crippen molar-refractivity contribution in [2.24, 2.45) is 5.92 Å². The lowest BCUT2D eigenvalue weighted by molar-refractivity contribution is -0.384. The fourth-order valence-corrected chi connectivity index (χ4v) is 3.26. The van der Waals surface area contributed by atoms with Crippen molar-refractivity contribution in [1.82, 2.24) is 0 Å². The van der Waals surface area contributed by atoms with Gasteiger partial charge < -0.3 is 10.2 Å². The van der Waals surface area contributed by atoms with E-state index in [1.807, 2.05) is 4.90 Å². The number of anilines is 2. The third-order valence-electron chi connectivity index (χ3n) is 4.76. The summed E-state index contributed by atoms with van der Waals surface area (Å²) < 4.78 is 37.8. The molecule has 0 radical (unpaired) electrons. The molecule has 2 aromatic carbocycles. The van der Waals surface area contributed by atoms with Gasteiger partial charge in [-0.05, 0) is 43.2 Å². The fourth-order valence-electron chi connectivity index (χ4n) is 3.26. The highest BCUT2D eigenvalue weighted by Crippen LogP contribution is 2.32. The van der Waals surface area contributed by atoms with Crippen LogP contribution < -0.4 is 10.2 Å². The molecule has 1 fully saturated rings. The summed E-state index contributed by atoms with van der Waals surface area (Å²) in [5, 5.41) is 13.8. The zero-order chi connectivity index (χ0) is 20.3. The maximum atomic E-state index is 12.6. The maximum Gasteiger partial charge on any atom is 0.416 e. The molecule has 148 valence electrons. The number of halogens is 3. The minimum absolute atomic E-state index is 0.0233. The van der Waals surface area contributed by atoms with Crippen LogP contribution in [0.1, 0.15) is 18.4 Å². The van der Waals surface area contributed by atoms with E-state index in [9.17, 15) is 28.1 Å². The number of amides is 1. The molecule has 1 amide bonds. The van der Waals surface area contributed by atoms with E-state index in [2.05, 4.69) is 5.32 Å². The number of hydrogen-bond acceptors (Lipinski definition) is 4. The van der Waals surface area contributed by atoms with Gasteiger partial charge in [0.25, 0.3) is 5.69 Å². The van der Waals surface area contributed by atoms with E-state index in [0.717, 1.165) is 12.1 Å². The molecule has 0 unspecified atom stereocenters. The summed E-state index contributed by atoms with van der Waals surface area (Å²) in [5.74, 6) is -0.566. The van der Waals surface area contributed by atoms with Crippen LogP contribution in [0, 0.1) is 16.0 Å². The van der Waals surface area contributed by atoms with Gasteiger partial charge in [-0.2, -0.15) is 13.2 Å². The second-order valence-electron chi connectivity index (χ2n) is 6.57. The van der Waals surface area contributed by atoms with Crippen LogP contribution in [0.15, 0.2) is 48.5 Å². The summed E-state index contributed by atoms with van der Waals surface area (Å²) in [5.41, 5.74) is 0.0756. The van der Waals surface area contributed by atoms with Gasteiger partial charge in [-0.15, -0.1) is 0 Å². The van der Waals surface area contributed by atoms with E-state index >= 15 is 0 Å². The maximum absolute atomic E-state index is 12.6. The second kappa shape index (κ2) is 7.87. The Labute approximate surface area is 159 Å². The molecule has 1 saturated heterocycles. The van der Waals surface area contributed by atoms with Gasteiger partial charge in [-0.1, -0.05) is 12.1 Å². The van der Waals surface area contributed by atoms with Gasteiger partial charge in [0.05, 0.1) is 10.5 Å². The number of hydrogen-bond donors (Lipinski definition) is 1. The van der Waals surface area contributed by atoms with Gasteiger partial charge in [0.2, 0.25) is 5.91 Å². The SMILES string of the molecule is O=C(Nc1ccc(C(F)(F)F)cc1)C1CCN(c2ccccc2[N+](=O)[O-])CC1. The molecule has 1 heterocycles. The molecule has 0 aliphatic carbocycles. The van der Waals surface area contributed by atoms with Gasteiger partial charge in [0.15, 0.2) is 0 Å². The highest BCUT2D eigenvalue weighted by atomic mass is 19.4. The Balaban J connectivity index is 1.59. The zero-order valence-electron chi connectivity index (χ0n) is 14.8. The molecule has 0 aromatic heterocycles. The Morgan fingerprint density at radius 2 is 1.68 bits per heavy atom. The molecule has 3 rings (SSSR count). The quantitative estimate of drug-likeness (QED) is 0.614. The lowest BCUT2D eigenvalue weighted by Crippen LogP contribution is -2.38. The van der Waals surface area contributed by atoms with Crippen LogP contribution >= 0.6 is 0 Å². The molecule has 9 heteroatoms. The number of piperidine rings is 1. The molecule has 0 spiro atoms. The fraction of sp³-hybridized carbons (Fsp3) is 0.316. The van der Waals surface area contributed by atoms with Crippen molar-refractivity contribution >= 4 is 23.0 Å². The van der Waals surface area contributed by atoms with Crippen LogP contribution in [-0.2, 0) is 11.0 Å². The number of nitro benzene ring substituents is 1. The number of alkyl halides is 3. The van der Waals surface area contributed by atoms with Crippen LogP contribution in [-0.4, -0.2) is 23.9 Å². The summed E-state index contributed by atoms with van der Waals surface area (Å²) in [4.78, 5) is 25.0. The molecule has 1 aliphatic heterocycles. The first-order chi connectivity index (χ1) is 13.3. The monoisotopic (exact) mass is 393 g/mol. The molecule has 6 nitrogen and oxygen atoms in total. The summed E-state index contributed by atoms with van der Waals surface area (Å²) in [6.07, 6.45) is -3.42. The summed E-state index contributed by atoms with van der Waals surface area (Å²) in [7, 11) is 0. The Hall–Kier alpha value is -3.10. The van der Waals surface area contributed by atoms with E-state index in [4.69, 9.17) is 0 Å². The van der Waals surface area contributed by atoms with E-state index in [1.54, 1.807) is 18.2 Å². The van der Waals surface area contributed by atoms with Crippen molar-refractivity contribution in [3.8, 4) is 0 Å². The smallest absolute Gasteiger partial charge is 0.366 e. The summed E-state index contributed by atoms with van der Waals surface area (Å²) in [6.45, 7) is 0.964. The largest absolute Gasteiger partial charge is 0.416 e. The number of nitrogens with zero attached hydrogens (tertiary/aromatic N) is 2. The predicted molar refractivity (Wildman–Crippen MR) is 98.1 cm³/mol. The van der Waals surface area contributed by atoms with E-state index < -0.39 is 16.7 Å². The standard InChI is InChI=1S/C19H18F3N3O3/c20-19(21,22)14-5-7-15(8-6-14)23-18(26)13-9-11-24(12-10-13)16-3-1-2-4-17(16)25(27)28/h1-8,13H,9-12H2,(H,23,26). The van der Waals surface area contributed by atoms with Crippen LogP contribution in [0.25, 0.3) is 0 Å². The van der Waals surface area contributed by atoms with Gasteiger partial charge in [0, 0.05) is 30.8 Å². The molecule has 28 heavy (non-hydrogen) atoms. The number of nitro groups is 1. The summed E-state index contributed by atoms with van der Waals surface area (Å²) in [6, 6.07) is 10.8. The van der Waals surface area contributed by atoms with Crippen LogP contribution in [0.2, 0.25) is 0 Å². The lowest BCUT2D eigenvalue weighted by Gasteiger charge is -2.32. The van der Waals surface area contributed by atoms with Crippen molar-refractivity contribution < 1.29 is 22.9 Å². The zero-order valence-corrected chi connectivity index (χ0v) is 14.8. The number of nitrogens with one attached hydrogen (secondary N) is 1. The van der Waals surface area contributed by atoms with Crippen LogP contribution in [0.4, 0.5) is 30.2 Å². The highest BCUT2D eigenvalue weighted by molar-refractivity contribution is 5.92. The topological polar surface area (TPSA) is 75.5 Å². The summed E-state index contributed by atoms with van der Waals surface area (Å²) >= 11 is 0. The molecule has 1 N–H and O–H groups in total. The van der Waals surface area contributed by atoms with Gasteiger partial charge in [-0.25, -0.2) is 0 Å². The van der Waals surface area contributed by atoms with Crippen molar-refractivity contribution in [3.05, 3.63) is 64.2 Å². The Bertz CT molecular complexity index is 861. The minimum atomic E-state index is -4.42. The lowest BCUT2D eigenvalue weighted by atomic mass is 9.95. The van der Waals surface area contributed by atoms with E-state index in [0.29, 0.717) is 37.3 Å². The molecule has 1 aliphatic rings. The van der Waals surface area contributed by atoms with Crippen LogP contribution in [0.5, 0.6) is 0 Å². The molecule has 0 atom stereocenters. The molecular weight excluding hydrogens is 375 g/mol. The highest BCUT2D eigenvalue weighted by Gasteiger charge is 2.31. The van der Waals surface area contributed by atoms with Crippen LogP contribution in [0.3, 0.4) is 0 Å². The van der Waals surface area contributed by atoms with Gasteiger partial charge in [0.1, 0.15) is 5.69 Å². The first-order valence-corrected chi connectivity index (χ1v) is 8.72. The number of benzene rings is 2. The first-order valence-electron chi connectivity index (χ1n) is 8.72. The van der Waals surface area contributed by atoms with Crippen molar-refractivity contribution in [3.63, 3.8) is 0 Å². The Morgan fingerprint density at radius 1 is 1.07 bits per heavy atom. The molecule has 0 bridgehead atoms. The average molecular weight is 393 g/mol. The average Bonchev–Trinajstić information content (AvgIpc) is 2.68. The number of rotatable bonds is 4. The Morgan fingerprint density at radius 3 is 2.25 bits per heavy atom. The first kappa shape index (κ1) is 19.7.